The lowest BCUT2D eigenvalue weighted by Gasteiger charge is -2.21. The van der Waals surface area contributed by atoms with Gasteiger partial charge in [-0.2, -0.15) is 0 Å². The van der Waals surface area contributed by atoms with Crippen LogP contribution in [0.4, 0.5) is 0 Å². The Bertz CT molecular complexity index is 562. The summed E-state index contributed by atoms with van der Waals surface area (Å²) in [6.07, 6.45) is 3.51. The van der Waals surface area contributed by atoms with Crippen LogP contribution in [-0.2, 0) is 6.54 Å². The van der Waals surface area contributed by atoms with Gasteiger partial charge in [-0.1, -0.05) is 26.0 Å². The Morgan fingerprint density at radius 1 is 1.00 bits per heavy atom. The Labute approximate surface area is 165 Å². The van der Waals surface area contributed by atoms with Crippen LogP contribution in [0.5, 0.6) is 0 Å². The van der Waals surface area contributed by atoms with Crippen molar-refractivity contribution >= 4 is 11.9 Å². The number of aliphatic imine (C=N–C) groups is 1. The molecule has 1 aromatic rings. The summed E-state index contributed by atoms with van der Waals surface area (Å²) in [5.74, 6) is 0.827. The Balaban J connectivity index is 2.36. The molecule has 6 nitrogen and oxygen atoms in total. The molecule has 0 fully saturated rings. The van der Waals surface area contributed by atoms with Crippen molar-refractivity contribution in [3.05, 3.63) is 35.4 Å². The van der Waals surface area contributed by atoms with Gasteiger partial charge in [-0.3, -0.25) is 9.79 Å². The topological polar surface area (TPSA) is 60.0 Å². The summed E-state index contributed by atoms with van der Waals surface area (Å²) in [7, 11) is 5.31. The second kappa shape index (κ2) is 13.1. The Morgan fingerprint density at radius 2 is 1.63 bits per heavy atom. The predicted molar refractivity (Wildman–Crippen MR) is 114 cm³/mol. The van der Waals surface area contributed by atoms with Crippen LogP contribution in [0.25, 0.3) is 0 Å². The molecule has 1 rings (SSSR count). The Hall–Kier alpha value is -2.08. The van der Waals surface area contributed by atoms with Gasteiger partial charge < -0.3 is 20.4 Å². The zero-order valence-electron chi connectivity index (χ0n) is 17.7. The lowest BCUT2D eigenvalue weighted by molar-refractivity contribution is 0.0827. The number of carbonyl (C=O) groups is 1. The van der Waals surface area contributed by atoms with Gasteiger partial charge in [-0.05, 0) is 56.6 Å². The molecule has 0 heterocycles. The molecule has 6 heteroatoms. The van der Waals surface area contributed by atoms with Crippen LogP contribution in [0.15, 0.2) is 29.3 Å². The fraction of sp³-hybridized carbons (Fsp3) is 0.619. The summed E-state index contributed by atoms with van der Waals surface area (Å²) in [6.45, 7) is 9.51. The minimum atomic E-state index is 0.0205. The standard InChI is InChI=1S/C21H37N5O/c1-6-14-26(15-7-2)16-8-13-23-21(22-3)24-17-18-9-11-19(12-10-18)20(27)25(4)5/h9-12H,6-8,13-17H2,1-5H3,(H2,22,23,24). The average molecular weight is 376 g/mol. The van der Waals surface area contributed by atoms with Crippen LogP contribution in [0.3, 0.4) is 0 Å². The number of rotatable bonds is 11. The third-order valence-corrected chi connectivity index (χ3v) is 4.31. The van der Waals surface area contributed by atoms with E-state index in [1.165, 1.54) is 25.9 Å². The van der Waals surface area contributed by atoms with Crippen molar-refractivity contribution in [3.8, 4) is 0 Å². The zero-order valence-corrected chi connectivity index (χ0v) is 17.7. The van der Waals surface area contributed by atoms with Crippen LogP contribution in [0, 0.1) is 0 Å². The summed E-state index contributed by atoms with van der Waals surface area (Å²) < 4.78 is 0. The number of hydrogen-bond acceptors (Lipinski definition) is 3. The molecule has 0 saturated heterocycles. The SMILES string of the molecule is CCCN(CCC)CCCNC(=NC)NCc1ccc(C(=O)N(C)C)cc1. The fourth-order valence-electron chi connectivity index (χ4n) is 2.91. The van der Waals surface area contributed by atoms with Gasteiger partial charge >= 0.3 is 0 Å². The van der Waals surface area contributed by atoms with E-state index in [9.17, 15) is 4.79 Å². The lowest BCUT2D eigenvalue weighted by atomic mass is 10.1. The van der Waals surface area contributed by atoms with Crippen molar-refractivity contribution in [1.82, 2.24) is 20.4 Å². The van der Waals surface area contributed by atoms with E-state index >= 15 is 0 Å². The summed E-state index contributed by atoms with van der Waals surface area (Å²) in [6, 6.07) is 7.69. The van der Waals surface area contributed by atoms with Gasteiger partial charge in [0.1, 0.15) is 0 Å². The molecule has 0 atom stereocenters. The lowest BCUT2D eigenvalue weighted by Crippen LogP contribution is -2.38. The van der Waals surface area contributed by atoms with Gasteiger partial charge in [0.05, 0.1) is 0 Å². The molecule has 0 radical (unpaired) electrons. The number of hydrogen-bond donors (Lipinski definition) is 2. The molecule has 0 aliphatic carbocycles. The van der Waals surface area contributed by atoms with Gasteiger partial charge in [0, 0.05) is 39.8 Å². The van der Waals surface area contributed by atoms with Gasteiger partial charge in [0.15, 0.2) is 5.96 Å². The third-order valence-electron chi connectivity index (χ3n) is 4.31. The smallest absolute Gasteiger partial charge is 0.253 e. The minimum absolute atomic E-state index is 0.0205. The third kappa shape index (κ3) is 8.91. The molecule has 0 saturated carbocycles. The summed E-state index contributed by atoms with van der Waals surface area (Å²) >= 11 is 0. The predicted octanol–water partition coefficient (Wildman–Crippen LogP) is 2.57. The number of guanidine groups is 1. The van der Waals surface area contributed by atoms with E-state index < -0.39 is 0 Å². The zero-order chi connectivity index (χ0) is 20.1. The summed E-state index contributed by atoms with van der Waals surface area (Å²) in [4.78, 5) is 20.3. The molecule has 27 heavy (non-hydrogen) atoms. The van der Waals surface area contributed by atoms with Crippen molar-refractivity contribution in [3.63, 3.8) is 0 Å². The van der Waals surface area contributed by atoms with E-state index in [-0.39, 0.29) is 5.91 Å². The molecule has 0 bridgehead atoms. The molecule has 0 unspecified atom stereocenters. The maximum absolute atomic E-state index is 11.9. The monoisotopic (exact) mass is 375 g/mol. The van der Waals surface area contributed by atoms with Crippen LogP contribution < -0.4 is 10.6 Å². The first-order chi connectivity index (χ1) is 13.0. The van der Waals surface area contributed by atoms with Crippen LogP contribution in [-0.4, -0.2) is 69.0 Å². The van der Waals surface area contributed by atoms with Gasteiger partial charge in [0.25, 0.3) is 5.91 Å². The van der Waals surface area contributed by atoms with E-state index in [1.54, 1.807) is 26.0 Å². The molecule has 152 valence electrons. The maximum Gasteiger partial charge on any atom is 0.253 e. The first-order valence-electron chi connectivity index (χ1n) is 9.99. The van der Waals surface area contributed by atoms with Crippen molar-refractivity contribution in [2.75, 3.05) is 47.3 Å². The molecule has 1 aromatic carbocycles. The van der Waals surface area contributed by atoms with Crippen LogP contribution in [0.2, 0.25) is 0 Å². The highest BCUT2D eigenvalue weighted by Crippen LogP contribution is 2.06. The fourth-order valence-corrected chi connectivity index (χ4v) is 2.91. The molecule has 0 aliphatic rings. The van der Waals surface area contributed by atoms with Crippen LogP contribution in [0.1, 0.15) is 49.0 Å². The second-order valence-electron chi connectivity index (χ2n) is 6.94. The van der Waals surface area contributed by atoms with Crippen molar-refractivity contribution in [2.24, 2.45) is 4.99 Å². The quantitative estimate of drug-likeness (QED) is 0.355. The first kappa shape index (κ1) is 23.0. The normalized spacial score (nSPS) is 11.6. The number of benzene rings is 1. The van der Waals surface area contributed by atoms with Crippen molar-refractivity contribution in [1.29, 1.82) is 0 Å². The summed E-state index contributed by atoms with van der Waals surface area (Å²) in [5, 5.41) is 6.70. The molecular weight excluding hydrogens is 338 g/mol. The maximum atomic E-state index is 11.9. The summed E-state index contributed by atoms with van der Waals surface area (Å²) in [5.41, 5.74) is 1.82. The highest BCUT2D eigenvalue weighted by molar-refractivity contribution is 5.93. The average Bonchev–Trinajstić information content (AvgIpc) is 2.67. The number of carbonyl (C=O) groups excluding carboxylic acids is 1. The van der Waals surface area contributed by atoms with Gasteiger partial charge in [-0.25, -0.2) is 0 Å². The van der Waals surface area contributed by atoms with Crippen LogP contribution >= 0.6 is 0 Å². The molecular formula is C21H37N5O. The number of nitrogens with zero attached hydrogens (tertiary/aromatic N) is 3. The Kier molecular flexibility index (Phi) is 11.2. The Morgan fingerprint density at radius 3 is 2.15 bits per heavy atom. The number of nitrogens with one attached hydrogen (secondary N) is 2. The van der Waals surface area contributed by atoms with Gasteiger partial charge in [0.2, 0.25) is 0 Å². The highest BCUT2D eigenvalue weighted by Gasteiger charge is 2.07. The second-order valence-corrected chi connectivity index (χ2v) is 6.94. The molecule has 0 aromatic heterocycles. The molecule has 0 aliphatic heterocycles. The number of amides is 1. The molecule has 1 amide bonds. The largest absolute Gasteiger partial charge is 0.356 e. The molecule has 2 N–H and O–H groups in total. The van der Waals surface area contributed by atoms with E-state index in [0.29, 0.717) is 12.1 Å². The van der Waals surface area contributed by atoms with Gasteiger partial charge in [-0.15, -0.1) is 0 Å². The van der Waals surface area contributed by atoms with E-state index in [0.717, 1.165) is 31.0 Å². The first-order valence-corrected chi connectivity index (χ1v) is 9.99. The van der Waals surface area contributed by atoms with Crippen molar-refractivity contribution < 1.29 is 4.79 Å². The van der Waals surface area contributed by atoms with Crippen molar-refractivity contribution in [2.45, 2.75) is 39.7 Å². The molecule has 0 spiro atoms. The minimum Gasteiger partial charge on any atom is -0.356 e. The highest BCUT2D eigenvalue weighted by atomic mass is 16.2. The van der Waals surface area contributed by atoms with E-state index in [2.05, 4.69) is 34.4 Å². The van der Waals surface area contributed by atoms with E-state index in [4.69, 9.17) is 0 Å². The van der Waals surface area contributed by atoms with E-state index in [1.807, 2.05) is 24.3 Å².